The van der Waals surface area contributed by atoms with E-state index in [4.69, 9.17) is 0 Å². The fourth-order valence-electron chi connectivity index (χ4n) is 0.871. The Hall–Kier alpha value is -1.05. The molecule has 0 radical (unpaired) electrons. The summed E-state index contributed by atoms with van der Waals surface area (Å²) in [6.07, 6.45) is 3.82. The van der Waals surface area contributed by atoms with Crippen LogP contribution >= 0.6 is 0 Å². The number of aliphatic imine (C=N–C) groups is 1. The summed E-state index contributed by atoms with van der Waals surface area (Å²) in [6, 6.07) is 2.01. The van der Waals surface area contributed by atoms with E-state index >= 15 is 0 Å². The van der Waals surface area contributed by atoms with Crippen LogP contribution in [-0.4, -0.2) is 10.8 Å². The van der Waals surface area contributed by atoms with Crippen molar-refractivity contribution in [3.8, 4) is 0 Å². The summed E-state index contributed by atoms with van der Waals surface area (Å²) in [6.45, 7) is 3.98. The highest BCUT2D eigenvalue weighted by molar-refractivity contribution is 5.61. The van der Waals surface area contributed by atoms with Crippen molar-refractivity contribution in [3.63, 3.8) is 0 Å². The van der Waals surface area contributed by atoms with E-state index in [-0.39, 0.29) is 0 Å². The molecule has 0 aromatic carbocycles. The first-order chi connectivity index (χ1) is 4.75. The van der Waals surface area contributed by atoms with Crippen molar-refractivity contribution in [1.29, 1.82) is 0 Å². The van der Waals surface area contributed by atoms with Gasteiger partial charge in [-0.2, -0.15) is 0 Å². The lowest BCUT2D eigenvalue weighted by atomic mass is 10.4. The summed E-state index contributed by atoms with van der Waals surface area (Å²) in [5.41, 5.74) is 2.27. The van der Waals surface area contributed by atoms with Crippen LogP contribution in [-0.2, 0) is 7.05 Å². The Bertz CT molecular complexity index is 246. The van der Waals surface area contributed by atoms with Gasteiger partial charge in [-0.1, -0.05) is 0 Å². The molecule has 10 heavy (non-hydrogen) atoms. The molecule has 0 atom stereocenters. The normalized spacial score (nSPS) is 11.1. The van der Waals surface area contributed by atoms with Crippen molar-refractivity contribution in [2.24, 2.45) is 12.0 Å². The van der Waals surface area contributed by atoms with Crippen molar-refractivity contribution >= 4 is 11.9 Å². The molecule has 0 aliphatic heterocycles. The van der Waals surface area contributed by atoms with Gasteiger partial charge >= 0.3 is 0 Å². The minimum Gasteiger partial charge on any atom is -0.353 e. The SMILES string of the molecule is CC=Nc1ccn(C)c1C. The fourth-order valence-corrected chi connectivity index (χ4v) is 0.871. The Kier molecular flexibility index (Phi) is 1.90. The summed E-state index contributed by atoms with van der Waals surface area (Å²) >= 11 is 0. The van der Waals surface area contributed by atoms with Gasteiger partial charge in [0.05, 0.1) is 5.69 Å². The van der Waals surface area contributed by atoms with E-state index in [2.05, 4.69) is 16.5 Å². The van der Waals surface area contributed by atoms with E-state index in [1.54, 1.807) is 0 Å². The molecule has 0 aliphatic rings. The number of hydrogen-bond acceptors (Lipinski definition) is 1. The van der Waals surface area contributed by atoms with Gasteiger partial charge < -0.3 is 4.57 Å². The Morgan fingerprint density at radius 2 is 2.30 bits per heavy atom. The lowest BCUT2D eigenvalue weighted by Crippen LogP contribution is -1.86. The van der Waals surface area contributed by atoms with Crippen LogP contribution in [0.3, 0.4) is 0 Å². The van der Waals surface area contributed by atoms with Gasteiger partial charge in [0.1, 0.15) is 0 Å². The fraction of sp³-hybridized carbons (Fsp3) is 0.375. The van der Waals surface area contributed by atoms with E-state index in [1.807, 2.05) is 32.4 Å². The van der Waals surface area contributed by atoms with E-state index in [1.165, 1.54) is 5.69 Å². The van der Waals surface area contributed by atoms with Crippen molar-refractivity contribution < 1.29 is 0 Å². The molecule has 1 aromatic heterocycles. The molecule has 0 N–H and O–H groups in total. The summed E-state index contributed by atoms with van der Waals surface area (Å²) in [5.74, 6) is 0. The first kappa shape index (κ1) is 7.06. The lowest BCUT2D eigenvalue weighted by Gasteiger charge is -1.94. The van der Waals surface area contributed by atoms with Crippen molar-refractivity contribution in [2.75, 3.05) is 0 Å². The van der Waals surface area contributed by atoms with Crippen molar-refractivity contribution in [3.05, 3.63) is 18.0 Å². The highest BCUT2D eigenvalue weighted by Gasteiger charge is 1.96. The van der Waals surface area contributed by atoms with Gasteiger partial charge in [0.25, 0.3) is 0 Å². The lowest BCUT2D eigenvalue weighted by molar-refractivity contribution is 0.882. The number of aromatic nitrogens is 1. The van der Waals surface area contributed by atoms with Crippen LogP contribution in [0, 0.1) is 6.92 Å². The predicted molar refractivity (Wildman–Crippen MR) is 44.0 cm³/mol. The molecule has 0 unspecified atom stereocenters. The minimum atomic E-state index is 1.06. The quantitative estimate of drug-likeness (QED) is 0.526. The maximum Gasteiger partial charge on any atom is 0.0831 e. The molecule has 1 rings (SSSR count). The zero-order valence-electron chi connectivity index (χ0n) is 6.63. The Morgan fingerprint density at radius 3 is 2.70 bits per heavy atom. The molecule has 0 saturated carbocycles. The number of rotatable bonds is 1. The van der Waals surface area contributed by atoms with Gasteiger partial charge in [0, 0.05) is 25.2 Å². The molecule has 0 saturated heterocycles. The highest BCUT2D eigenvalue weighted by Crippen LogP contribution is 2.17. The van der Waals surface area contributed by atoms with Gasteiger partial charge in [-0.05, 0) is 19.9 Å². The van der Waals surface area contributed by atoms with Gasteiger partial charge in [0.2, 0.25) is 0 Å². The average molecular weight is 136 g/mol. The zero-order valence-corrected chi connectivity index (χ0v) is 6.63. The van der Waals surface area contributed by atoms with Crippen LogP contribution in [0.15, 0.2) is 17.3 Å². The van der Waals surface area contributed by atoms with Crippen molar-refractivity contribution in [2.45, 2.75) is 13.8 Å². The van der Waals surface area contributed by atoms with Crippen LogP contribution in [0.5, 0.6) is 0 Å². The second-order valence-corrected chi connectivity index (χ2v) is 2.28. The summed E-state index contributed by atoms with van der Waals surface area (Å²) in [5, 5.41) is 0. The molecule has 2 heteroatoms. The third kappa shape index (κ3) is 1.10. The number of aryl methyl sites for hydroxylation is 1. The predicted octanol–water partition coefficient (Wildman–Crippen LogP) is 2.06. The maximum atomic E-state index is 4.18. The second kappa shape index (κ2) is 2.69. The molecule has 0 aliphatic carbocycles. The monoisotopic (exact) mass is 136 g/mol. The van der Waals surface area contributed by atoms with Crippen molar-refractivity contribution in [1.82, 2.24) is 4.57 Å². The van der Waals surface area contributed by atoms with E-state index in [9.17, 15) is 0 Å². The average Bonchev–Trinajstić information content (AvgIpc) is 2.20. The standard InChI is InChI=1S/C8H12N2/c1-4-9-8-5-6-10(3)7(8)2/h4-6H,1-3H3. The van der Waals surface area contributed by atoms with Gasteiger partial charge in [0.15, 0.2) is 0 Å². The summed E-state index contributed by atoms with van der Waals surface area (Å²) in [4.78, 5) is 4.18. The maximum absolute atomic E-state index is 4.18. The molecule has 0 fully saturated rings. The molecule has 0 bridgehead atoms. The first-order valence-electron chi connectivity index (χ1n) is 3.36. The molecule has 0 spiro atoms. The highest BCUT2D eigenvalue weighted by atomic mass is 15.0. The Labute approximate surface area is 61.2 Å². The molecular formula is C8H12N2. The van der Waals surface area contributed by atoms with Crippen LogP contribution in [0.25, 0.3) is 0 Å². The summed E-state index contributed by atoms with van der Waals surface area (Å²) in [7, 11) is 2.02. The molecule has 0 amide bonds. The van der Waals surface area contributed by atoms with Gasteiger partial charge in [-0.3, -0.25) is 4.99 Å². The Balaban J connectivity index is 3.05. The molecule has 1 aromatic rings. The third-order valence-corrected chi connectivity index (χ3v) is 1.62. The number of nitrogens with zero attached hydrogens (tertiary/aromatic N) is 2. The van der Waals surface area contributed by atoms with Crippen LogP contribution in [0.4, 0.5) is 5.69 Å². The topological polar surface area (TPSA) is 17.3 Å². The molecule has 1 heterocycles. The second-order valence-electron chi connectivity index (χ2n) is 2.28. The molecule has 54 valence electrons. The largest absolute Gasteiger partial charge is 0.353 e. The number of hydrogen-bond donors (Lipinski definition) is 0. The van der Waals surface area contributed by atoms with E-state index < -0.39 is 0 Å². The molecule has 2 nitrogen and oxygen atoms in total. The van der Waals surface area contributed by atoms with Crippen LogP contribution in [0.1, 0.15) is 12.6 Å². The van der Waals surface area contributed by atoms with Crippen LogP contribution < -0.4 is 0 Å². The van der Waals surface area contributed by atoms with Crippen LogP contribution in [0.2, 0.25) is 0 Å². The van der Waals surface area contributed by atoms with E-state index in [0.717, 1.165) is 5.69 Å². The van der Waals surface area contributed by atoms with Gasteiger partial charge in [-0.25, -0.2) is 0 Å². The third-order valence-electron chi connectivity index (χ3n) is 1.62. The first-order valence-corrected chi connectivity index (χ1v) is 3.36. The van der Waals surface area contributed by atoms with E-state index in [0.29, 0.717) is 0 Å². The Morgan fingerprint density at radius 1 is 1.60 bits per heavy atom. The molecular weight excluding hydrogens is 124 g/mol. The van der Waals surface area contributed by atoms with Gasteiger partial charge in [-0.15, -0.1) is 0 Å². The zero-order chi connectivity index (χ0) is 7.56. The smallest absolute Gasteiger partial charge is 0.0831 e. The summed E-state index contributed by atoms with van der Waals surface area (Å²) < 4.78 is 2.06. The minimum absolute atomic E-state index is 1.06.